The molecular formula is C17H19N3O. The molecule has 0 fully saturated rings. The van der Waals surface area contributed by atoms with Crippen molar-refractivity contribution in [2.24, 2.45) is 0 Å². The predicted molar refractivity (Wildman–Crippen MR) is 84.7 cm³/mol. The third-order valence-corrected chi connectivity index (χ3v) is 3.30. The first-order chi connectivity index (χ1) is 10.2. The SMILES string of the molecule is N#CCCN(CC(O)c1cccc(N)c1)c1ccccc1. The molecule has 1 atom stereocenters. The van der Waals surface area contributed by atoms with Gasteiger partial charge in [-0.1, -0.05) is 30.3 Å². The Morgan fingerprint density at radius 2 is 1.90 bits per heavy atom. The third-order valence-electron chi connectivity index (χ3n) is 3.30. The molecule has 2 rings (SSSR count). The highest BCUT2D eigenvalue weighted by molar-refractivity contribution is 5.47. The fourth-order valence-corrected chi connectivity index (χ4v) is 2.23. The summed E-state index contributed by atoms with van der Waals surface area (Å²) in [5, 5.41) is 19.2. The van der Waals surface area contributed by atoms with Gasteiger partial charge in [0.25, 0.3) is 0 Å². The van der Waals surface area contributed by atoms with Crippen molar-refractivity contribution in [3.05, 3.63) is 60.2 Å². The average Bonchev–Trinajstić information content (AvgIpc) is 2.52. The summed E-state index contributed by atoms with van der Waals surface area (Å²) in [5.74, 6) is 0. The second kappa shape index (κ2) is 7.32. The van der Waals surface area contributed by atoms with E-state index in [0.717, 1.165) is 11.3 Å². The largest absolute Gasteiger partial charge is 0.399 e. The van der Waals surface area contributed by atoms with E-state index in [4.69, 9.17) is 11.0 Å². The maximum Gasteiger partial charge on any atom is 0.0965 e. The van der Waals surface area contributed by atoms with Crippen molar-refractivity contribution in [2.45, 2.75) is 12.5 Å². The number of para-hydroxylation sites is 1. The van der Waals surface area contributed by atoms with Crippen molar-refractivity contribution in [1.82, 2.24) is 0 Å². The Labute approximate surface area is 125 Å². The van der Waals surface area contributed by atoms with Crippen LogP contribution in [0.1, 0.15) is 18.1 Å². The van der Waals surface area contributed by atoms with Crippen molar-refractivity contribution in [3.63, 3.8) is 0 Å². The third kappa shape index (κ3) is 4.23. The van der Waals surface area contributed by atoms with E-state index < -0.39 is 6.10 Å². The number of anilines is 2. The molecular weight excluding hydrogens is 262 g/mol. The molecule has 2 aromatic carbocycles. The van der Waals surface area contributed by atoms with Crippen LogP contribution in [0.3, 0.4) is 0 Å². The quantitative estimate of drug-likeness (QED) is 0.798. The number of benzene rings is 2. The summed E-state index contributed by atoms with van der Waals surface area (Å²) >= 11 is 0. The lowest BCUT2D eigenvalue weighted by atomic mass is 10.1. The number of nitrogen functional groups attached to an aromatic ring is 1. The Morgan fingerprint density at radius 3 is 2.57 bits per heavy atom. The molecule has 21 heavy (non-hydrogen) atoms. The van der Waals surface area contributed by atoms with Crippen LogP contribution < -0.4 is 10.6 Å². The van der Waals surface area contributed by atoms with Crippen LogP contribution in [0.2, 0.25) is 0 Å². The normalized spacial score (nSPS) is 11.6. The smallest absolute Gasteiger partial charge is 0.0965 e. The molecule has 3 N–H and O–H groups in total. The molecule has 108 valence electrons. The van der Waals surface area contributed by atoms with E-state index in [9.17, 15) is 5.11 Å². The maximum atomic E-state index is 10.4. The standard InChI is InChI=1S/C17H19N3O/c18-10-5-11-20(16-8-2-1-3-9-16)13-17(21)14-6-4-7-15(19)12-14/h1-4,6-9,12,17,21H,5,11,13,19H2. The first kappa shape index (κ1) is 14.9. The summed E-state index contributed by atoms with van der Waals surface area (Å²) in [6.45, 7) is 1.01. The molecule has 0 aromatic heterocycles. The van der Waals surface area contributed by atoms with Crippen LogP contribution in [0, 0.1) is 11.3 Å². The summed E-state index contributed by atoms with van der Waals surface area (Å²) in [7, 11) is 0. The summed E-state index contributed by atoms with van der Waals surface area (Å²) in [5.41, 5.74) is 8.17. The molecule has 0 aliphatic carbocycles. The van der Waals surface area contributed by atoms with Gasteiger partial charge in [0.05, 0.1) is 18.6 Å². The van der Waals surface area contributed by atoms with E-state index in [1.54, 1.807) is 12.1 Å². The molecule has 1 unspecified atom stereocenters. The van der Waals surface area contributed by atoms with Crippen molar-refractivity contribution in [2.75, 3.05) is 23.7 Å². The van der Waals surface area contributed by atoms with Crippen molar-refractivity contribution in [1.29, 1.82) is 5.26 Å². The van der Waals surface area contributed by atoms with Gasteiger partial charge in [0.2, 0.25) is 0 Å². The Balaban J connectivity index is 2.13. The van der Waals surface area contributed by atoms with E-state index in [1.165, 1.54) is 0 Å². The number of hydrogen-bond acceptors (Lipinski definition) is 4. The number of aliphatic hydroxyl groups excluding tert-OH is 1. The van der Waals surface area contributed by atoms with Gasteiger partial charge in [0, 0.05) is 24.5 Å². The van der Waals surface area contributed by atoms with Crippen LogP contribution >= 0.6 is 0 Å². The van der Waals surface area contributed by atoms with E-state index in [2.05, 4.69) is 6.07 Å². The molecule has 0 saturated carbocycles. The van der Waals surface area contributed by atoms with Crippen LogP contribution in [0.25, 0.3) is 0 Å². The first-order valence-corrected chi connectivity index (χ1v) is 6.91. The van der Waals surface area contributed by atoms with Crippen LogP contribution in [-0.2, 0) is 0 Å². The molecule has 2 aromatic rings. The Morgan fingerprint density at radius 1 is 1.14 bits per heavy atom. The summed E-state index contributed by atoms with van der Waals surface area (Å²) in [6, 6.07) is 19.2. The van der Waals surface area contributed by atoms with Crippen molar-refractivity contribution >= 4 is 11.4 Å². The zero-order valence-corrected chi connectivity index (χ0v) is 11.8. The van der Waals surface area contributed by atoms with E-state index in [0.29, 0.717) is 25.2 Å². The number of aliphatic hydroxyl groups is 1. The van der Waals surface area contributed by atoms with Gasteiger partial charge >= 0.3 is 0 Å². The monoisotopic (exact) mass is 281 g/mol. The zero-order valence-electron chi connectivity index (χ0n) is 11.8. The van der Waals surface area contributed by atoms with Gasteiger partial charge in [-0.15, -0.1) is 0 Å². The van der Waals surface area contributed by atoms with E-state index in [1.807, 2.05) is 47.4 Å². The maximum absolute atomic E-state index is 10.4. The number of rotatable bonds is 6. The van der Waals surface area contributed by atoms with Gasteiger partial charge in [0.1, 0.15) is 0 Å². The molecule has 4 heteroatoms. The number of hydrogen-bond donors (Lipinski definition) is 2. The number of nitrogens with two attached hydrogens (primary N) is 1. The fourth-order valence-electron chi connectivity index (χ4n) is 2.23. The van der Waals surface area contributed by atoms with Gasteiger partial charge in [-0.05, 0) is 29.8 Å². The first-order valence-electron chi connectivity index (χ1n) is 6.91. The lowest BCUT2D eigenvalue weighted by Crippen LogP contribution is -2.29. The van der Waals surface area contributed by atoms with E-state index >= 15 is 0 Å². The van der Waals surface area contributed by atoms with Gasteiger partial charge in [-0.25, -0.2) is 0 Å². The second-order valence-corrected chi connectivity index (χ2v) is 4.88. The Bertz CT molecular complexity index is 607. The minimum absolute atomic E-state index is 0.415. The van der Waals surface area contributed by atoms with Crippen LogP contribution in [-0.4, -0.2) is 18.2 Å². The molecule has 0 radical (unpaired) electrons. The van der Waals surface area contributed by atoms with E-state index in [-0.39, 0.29) is 0 Å². The molecule has 0 aliphatic heterocycles. The molecule has 0 saturated heterocycles. The van der Waals surface area contributed by atoms with Crippen molar-refractivity contribution < 1.29 is 5.11 Å². The molecule has 0 heterocycles. The Hall–Kier alpha value is -2.51. The minimum atomic E-state index is -0.646. The molecule has 0 aliphatic rings. The topological polar surface area (TPSA) is 73.3 Å². The predicted octanol–water partition coefficient (Wildman–Crippen LogP) is 2.72. The van der Waals surface area contributed by atoms with Gasteiger partial charge in [-0.3, -0.25) is 0 Å². The van der Waals surface area contributed by atoms with Crippen LogP contribution in [0.5, 0.6) is 0 Å². The summed E-state index contributed by atoms with van der Waals surface area (Å²) in [4.78, 5) is 2.01. The lowest BCUT2D eigenvalue weighted by Gasteiger charge is -2.26. The van der Waals surface area contributed by atoms with Crippen LogP contribution in [0.15, 0.2) is 54.6 Å². The molecule has 0 bridgehead atoms. The number of nitriles is 1. The van der Waals surface area contributed by atoms with Gasteiger partial charge < -0.3 is 15.7 Å². The molecule has 0 amide bonds. The fraction of sp³-hybridized carbons (Fsp3) is 0.235. The molecule has 4 nitrogen and oxygen atoms in total. The zero-order chi connectivity index (χ0) is 15.1. The highest BCUT2D eigenvalue weighted by atomic mass is 16.3. The van der Waals surface area contributed by atoms with Gasteiger partial charge in [0.15, 0.2) is 0 Å². The average molecular weight is 281 g/mol. The lowest BCUT2D eigenvalue weighted by molar-refractivity contribution is 0.183. The van der Waals surface area contributed by atoms with Gasteiger partial charge in [-0.2, -0.15) is 5.26 Å². The highest BCUT2D eigenvalue weighted by Crippen LogP contribution is 2.21. The molecule has 0 spiro atoms. The second-order valence-electron chi connectivity index (χ2n) is 4.88. The Kier molecular flexibility index (Phi) is 5.19. The van der Waals surface area contributed by atoms with Crippen molar-refractivity contribution in [3.8, 4) is 6.07 Å². The number of nitrogens with zero attached hydrogens (tertiary/aromatic N) is 2. The highest BCUT2D eigenvalue weighted by Gasteiger charge is 2.14. The summed E-state index contributed by atoms with van der Waals surface area (Å²) in [6.07, 6.45) is -0.231. The minimum Gasteiger partial charge on any atom is -0.399 e. The summed E-state index contributed by atoms with van der Waals surface area (Å²) < 4.78 is 0. The van der Waals surface area contributed by atoms with Crippen LogP contribution in [0.4, 0.5) is 11.4 Å².